The highest BCUT2D eigenvalue weighted by molar-refractivity contribution is 9.09. The molecule has 0 aromatic carbocycles. The van der Waals surface area contributed by atoms with E-state index in [-0.39, 0.29) is 10.5 Å². The molecule has 0 bridgehead atoms. The number of aliphatic hydroxyl groups is 2. The maximum Gasteiger partial charge on any atom is 0.156 e. The van der Waals surface area contributed by atoms with Crippen LogP contribution in [0.25, 0.3) is 11.0 Å². The normalized spacial score (nSPS) is 15.2. The van der Waals surface area contributed by atoms with E-state index in [2.05, 4.69) is 30.9 Å². The smallest absolute Gasteiger partial charge is 0.156 e. The highest BCUT2D eigenvalue weighted by Crippen LogP contribution is 2.27. The fourth-order valence-corrected chi connectivity index (χ4v) is 1.99. The number of hydrogen-bond donors (Lipinski definition) is 3. The van der Waals surface area contributed by atoms with E-state index in [9.17, 15) is 10.2 Å². The van der Waals surface area contributed by atoms with Crippen LogP contribution in [-0.4, -0.2) is 36.6 Å². The molecule has 2 aromatic rings. The molecule has 0 saturated heterocycles. The van der Waals surface area contributed by atoms with Crippen LogP contribution in [0.2, 0.25) is 5.15 Å². The first-order valence-corrected chi connectivity index (χ1v) is 6.04. The van der Waals surface area contributed by atoms with Gasteiger partial charge in [0, 0.05) is 17.1 Å². The van der Waals surface area contributed by atoms with Crippen molar-refractivity contribution in [1.29, 1.82) is 0 Å². The van der Waals surface area contributed by atoms with Gasteiger partial charge in [-0.2, -0.15) is 0 Å². The van der Waals surface area contributed by atoms with Gasteiger partial charge in [0.25, 0.3) is 0 Å². The van der Waals surface area contributed by atoms with E-state index in [1.165, 1.54) is 6.33 Å². The molecule has 0 amide bonds. The minimum absolute atomic E-state index is 0.277. The van der Waals surface area contributed by atoms with Crippen molar-refractivity contribution < 1.29 is 10.2 Å². The number of aliphatic hydroxyl groups excluding tert-OH is 2. The van der Waals surface area contributed by atoms with Gasteiger partial charge in [0.2, 0.25) is 0 Å². The summed E-state index contributed by atoms with van der Waals surface area (Å²) in [4.78, 5) is 10.7. The van der Waals surface area contributed by atoms with Crippen molar-refractivity contribution in [3.8, 4) is 0 Å². The van der Waals surface area contributed by atoms with E-state index in [0.29, 0.717) is 16.6 Å². The summed E-state index contributed by atoms with van der Waals surface area (Å²) in [7, 11) is 0. The number of fused-ring (bicyclic) bond motifs is 1. The van der Waals surface area contributed by atoms with Crippen LogP contribution in [0.4, 0.5) is 0 Å². The molecule has 2 atom stereocenters. The first kappa shape index (κ1) is 11.8. The lowest BCUT2D eigenvalue weighted by molar-refractivity contribution is 0.0351. The number of nitrogens with one attached hydrogen (secondary N) is 1. The van der Waals surface area contributed by atoms with Crippen LogP contribution in [0, 0.1) is 0 Å². The molecule has 2 heterocycles. The molecule has 0 aliphatic carbocycles. The monoisotopic (exact) mass is 305 g/mol. The molecule has 5 nitrogen and oxygen atoms in total. The largest absolute Gasteiger partial charge is 0.389 e. The Kier molecular flexibility index (Phi) is 3.44. The van der Waals surface area contributed by atoms with Gasteiger partial charge in [-0.05, 0) is 0 Å². The number of halogens is 2. The highest BCUT2D eigenvalue weighted by Gasteiger charge is 2.22. The maximum atomic E-state index is 9.86. The average Bonchev–Trinajstić information content (AvgIpc) is 2.72. The number of aromatic amines is 1. The third kappa shape index (κ3) is 1.93. The van der Waals surface area contributed by atoms with Crippen molar-refractivity contribution in [3.05, 3.63) is 23.2 Å². The molecule has 0 aliphatic rings. The Hall–Kier alpha value is -0.690. The van der Waals surface area contributed by atoms with Gasteiger partial charge >= 0.3 is 0 Å². The van der Waals surface area contributed by atoms with Crippen LogP contribution >= 0.6 is 27.5 Å². The Bertz CT molecular complexity index is 504. The van der Waals surface area contributed by atoms with E-state index in [0.717, 1.165) is 0 Å². The van der Waals surface area contributed by atoms with Gasteiger partial charge in [-0.3, -0.25) is 0 Å². The van der Waals surface area contributed by atoms with Crippen LogP contribution < -0.4 is 0 Å². The first-order chi connectivity index (χ1) is 7.65. The number of aromatic nitrogens is 3. The predicted molar refractivity (Wildman–Crippen MR) is 63.7 cm³/mol. The summed E-state index contributed by atoms with van der Waals surface area (Å²) < 4.78 is 0. The molecule has 0 radical (unpaired) electrons. The molecule has 7 heteroatoms. The fraction of sp³-hybridized carbons (Fsp3) is 0.333. The Balaban J connectivity index is 2.50. The molecule has 0 saturated carbocycles. The van der Waals surface area contributed by atoms with Crippen LogP contribution in [0.3, 0.4) is 0 Å². The molecule has 3 N–H and O–H groups in total. The predicted octanol–water partition coefficient (Wildman–Crippen LogP) is 1.40. The summed E-state index contributed by atoms with van der Waals surface area (Å²) in [5.74, 6) is 0. The van der Waals surface area contributed by atoms with Crippen molar-refractivity contribution in [2.45, 2.75) is 12.2 Å². The molecular weight excluding hydrogens is 297 g/mol. The number of rotatable bonds is 3. The van der Waals surface area contributed by atoms with E-state index in [1.807, 2.05) is 0 Å². The van der Waals surface area contributed by atoms with Gasteiger partial charge in [0.15, 0.2) is 5.15 Å². The van der Waals surface area contributed by atoms with E-state index >= 15 is 0 Å². The summed E-state index contributed by atoms with van der Waals surface area (Å²) in [6.07, 6.45) is 0.976. The van der Waals surface area contributed by atoms with Crippen molar-refractivity contribution in [3.63, 3.8) is 0 Å². The van der Waals surface area contributed by atoms with E-state index < -0.39 is 12.2 Å². The van der Waals surface area contributed by atoms with Gasteiger partial charge in [0.1, 0.15) is 17.9 Å². The molecule has 2 unspecified atom stereocenters. The first-order valence-electron chi connectivity index (χ1n) is 4.54. The summed E-state index contributed by atoms with van der Waals surface area (Å²) in [5.41, 5.74) is 1.58. The molecule has 2 rings (SSSR count). The zero-order valence-electron chi connectivity index (χ0n) is 8.06. The minimum atomic E-state index is -1.01. The number of H-pyrrole nitrogens is 1. The Labute approximate surface area is 105 Å². The SMILES string of the molecule is OC(CBr)C(O)c1c[nH]c2c(Cl)ncnc12. The average molecular weight is 307 g/mol. The maximum absolute atomic E-state index is 9.86. The van der Waals surface area contributed by atoms with Gasteiger partial charge in [-0.1, -0.05) is 27.5 Å². The lowest BCUT2D eigenvalue weighted by Gasteiger charge is -2.14. The number of alkyl halides is 1. The lowest BCUT2D eigenvalue weighted by atomic mass is 10.1. The lowest BCUT2D eigenvalue weighted by Crippen LogP contribution is -2.19. The Morgan fingerprint density at radius 2 is 2.19 bits per heavy atom. The molecule has 86 valence electrons. The van der Waals surface area contributed by atoms with Gasteiger partial charge in [0.05, 0.1) is 11.6 Å². The standard InChI is InChI=1S/C9H9BrClN3O2/c10-1-5(15)8(16)4-2-12-7-6(4)13-3-14-9(7)11/h2-3,5,8,12,15-16H,1H2. The quantitative estimate of drug-likeness (QED) is 0.591. The zero-order chi connectivity index (χ0) is 11.7. The highest BCUT2D eigenvalue weighted by atomic mass is 79.9. The Morgan fingerprint density at radius 3 is 2.88 bits per heavy atom. The topological polar surface area (TPSA) is 82.0 Å². The molecule has 0 spiro atoms. The second-order valence-electron chi connectivity index (χ2n) is 3.30. The minimum Gasteiger partial charge on any atom is -0.389 e. The summed E-state index contributed by atoms with van der Waals surface area (Å²) in [6, 6.07) is 0. The van der Waals surface area contributed by atoms with Crippen LogP contribution in [-0.2, 0) is 0 Å². The molecule has 16 heavy (non-hydrogen) atoms. The van der Waals surface area contributed by atoms with Crippen LogP contribution in [0.1, 0.15) is 11.7 Å². The summed E-state index contributed by atoms with van der Waals surface area (Å²) in [6.45, 7) is 0. The molecule has 2 aromatic heterocycles. The van der Waals surface area contributed by atoms with Gasteiger partial charge in [-0.15, -0.1) is 0 Å². The summed E-state index contributed by atoms with van der Waals surface area (Å²) >= 11 is 8.95. The fourth-order valence-electron chi connectivity index (χ4n) is 1.45. The van der Waals surface area contributed by atoms with Crippen molar-refractivity contribution in [2.75, 3.05) is 5.33 Å². The van der Waals surface area contributed by atoms with E-state index in [4.69, 9.17) is 11.6 Å². The molecule has 0 aliphatic heterocycles. The second-order valence-corrected chi connectivity index (χ2v) is 4.30. The van der Waals surface area contributed by atoms with Crippen LogP contribution in [0.15, 0.2) is 12.5 Å². The second kappa shape index (κ2) is 4.67. The van der Waals surface area contributed by atoms with Crippen LogP contribution in [0.5, 0.6) is 0 Å². The number of nitrogens with zero attached hydrogens (tertiary/aromatic N) is 2. The number of hydrogen-bond acceptors (Lipinski definition) is 4. The van der Waals surface area contributed by atoms with Gasteiger partial charge < -0.3 is 15.2 Å². The van der Waals surface area contributed by atoms with Crippen molar-refractivity contribution in [2.24, 2.45) is 0 Å². The third-order valence-corrected chi connectivity index (χ3v) is 3.24. The molecular formula is C9H9BrClN3O2. The van der Waals surface area contributed by atoms with Gasteiger partial charge in [-0.25, -0.2) is 9.97 Å². The Morgan fingerprint density at radius 1 is 1.44 bits per heavy atom. The zero-order valence-corrected chi connectivity index (χ0v) is 10.4. The summed E-state index contributed by atoms with van der Waals surface area (Å²) in [5, 5.41) is 20.0. The van der Waals surface area contributed by atoms with E-state index in [1.54, 1.807) is 6.20 Å². The van der Waals surface area contributed by atoms with Crippen molar-refractivity contribution >= 4 is 38.6 Å². The molecule has 0 fully saturated rings. The third-order valence-electron chi connectivity index (χ3n) is 2.29. The van der Waals surface area contributed by atoms with Crippen molar-refractivity contribution in [1.82, 2.24) is 15.0 Å².